The molecule has 3 heteroatoms. The summed E-state index contributed by atoms with van der Waals surface area (Å²) in [6.45, 7) is 1.20. The van der Waals surface area contributed by atoms with Crippen LogP contribution in [0.3, 0.4) is 0 Å². The van der Waals surface area contributed by atoms with Gasteiger partial charge in [0.1, 0.15) is 6.10 Å². The second kappa shape index (κ2) is 1.94. The maximum atomic E-state index is 9.03. The van der Waals surface area contributed by atoms with Crippen molar-refractivity contribution in [1.29, 1.82) is 0 Å². The number of hydrogen-bond acceptors (Lipinski definition) is 3. The van der Waals surface area contributed by atoms with Crippen molar-refractivity contribution in [3.05, 3.63) is 0 Å². The number of hydrogen-bond donors (Lipinski definition) is 3. The van der Waals surface area contributed by atoms with Crippen LogP contribution in [0.2, 0.25) is 0 Å². The van der Waals surface area contributed by atoms with E-state index in [0.29, 0.717) is 0 Å². The normalized spacial score (nSPS) is 24.0. The van der Waals surface area contributed by atoms with Gasteiger partial charge in [-0.05, 0) is 25.7 Å². The number of aliphatic hydroxyl groups is 3. The van der Waals surface area contributed by atoms with Gasteiger partial charge in [0.05, 0.1) is 0 Å². The number of rotatable bonds is 2. The summed E-state index contributed by atoms with van der Waals surface area (Å²) < 4.78 is 0. The van der Waals surface area contributed by atoms with Gasteiger partial charge in [0.25, 0.3) is 0 Å². The average Bonchev–Trinajstić information content (AvgIpc) is 2.40. The molecule has 0 aromatic heterocycles. The fourth-order valence-electron chi connectivity index (χ4n) is 0.858. The summed E-state index contributed by atoms with van der Waals surface area (Å²) in [5.74, 6) is -1.79. The van der Waals surface area contributed by atoms with Crippen LogP contribution in [-0.2, 0) is 0 Å². The zero-order valence-corrected chi connectivity index (χ0v) is 5.41. The van der Waals surface area contributed by atoms with E-state index < -0.39 is 11.9 Å². The highest BCUT2D eigenvalue weighted by Gasteiger charge is 2.40. The van der Waals surface area contributed by atoms with Crippen LogP contribution in [0.5, 0.6) is 0 Å². The molecule has 0 heterocycles. The van der Waals surface area contributed by atoms with Gasteiger partial charge < -0.3 is 15.3 Å². The molecule has 0 aromatic carbocycles. The minimum Gasteiger partial charge on any atom is -0.387 e. The molecule has 0 saturated heterocycles. The lowest BCUT2D eigenvalue weighted by atomic mass is 10.1. The molecule has 1 rings (SSSR count). The summed E-state index contributed by atoms with van der Waals surface area (Å²) >= 11 is 0. The van der Waals surface area contributed by atoms with Gasteiger partial charge in [-0.3, -0.25) is 0 Å². The fraction of sp³-hybridized carbons (Fsp3) is 1.00. The van der Waals surface area contributed by atoms with Gasteiger partial charge in [-0.15, -0.1) is 0 Å². The van der Waals surface area contributed by atoms with E-state index in [-0.39, 0.29) is 5.92 Å². The zero-order chi connectivity index (χ0) is 7.07. The van der Waals surface area contributed by atoms with Gasteiger partial charge in [-0.1, -0.05) is 0 Å². The minimum atomic E-state index is -1.90. The van der Waals surface area contributed by atoms with Crippen molar-refractivity contribution in [2.24, 2.45) is 5.92 Å². The van der Waals surface area contributed by atoms with E-state index in [1.54, 1.807) is 0 Å². The quantitative estimate of drug-likeness (QED) is 0.442. The summed E-state index contributed by atoms with van der Waals surface area (Å²) in [4.78, 5) is 0. The standard InChI is InChI=1S/C6H12O3/c1-6(8,9)5(7)4-2-3-4/h4-5,7-9H,2-3H2,1H3. The summed E-state index contributed by atoms with van der Waals surface area (Å²) in [5, 5.41) is 26.6. The van der Waals surface area contributed by atoms with E-state index in [4.69, 9.17) is 15.3 Å². The van der Waals surface area contributed by atoms with Crippen LogP contribution >= 0.6 is 0 Å². The second-order valence-electron chi connectivity index (χ2n) is 2.88. The van der Waals surface area contributed by atoms with E-state index in [1.165, 1.54) is 6.92 Å². The van der Waals surface area contributed by atoms with Crippen LogP contribution in [0.1, 0.15) is 19.8 Å². The van der Waals surface area contributed by atoms with Crippen LogP contribution in [0.15, 0.2) is 0 Å². The highest BCUT2D eigenvalue weighted by atomic mass is 16.5. The third kappa shape index (κ3) is 1.64. The van der Waals surface area contributed by atoms with Gasteiger partial charge in [0.15, 0.2) is 5.79 Å². The molecule has 9 heavy (non-hydrogen) atoms. The van der Waals surface area contributed by atoms with Crippen molar-refractivity contribution in [2.45, 2.75) is 31.7 Å². The molecule has 0 aromatic rings. The Morgan fingerprint density at radius 1 is 1.44 bits per heavy atom. The Morgan fingerprint density at radius 3 is 2.00 bits per heavy atom. The van der Waals surface area contributed by atoms with Crippen molar-refractivity contribution in [1.82, 2.24) is 0 Å². The predicted octanol–water partition coefficient (Wildman–Crippen LogP) is -0.542. The van der Waals surface area contributed by atoms with E-state index >= 15 is 0 Å². The molecule has 1 aliphatic carbocycles. The van der Waals surface area contributed by atoms with Gasteiger partial charge in [-0.25, -0.2) is 0 Å². The van der Waals surface area contributed by atoms with Gasteiger partial charge in [-0.2, -0.15) is 0 Å². The SMILES string of the molecule is CC(O)(O)C(O)C1CC1. The lowest BCUT2D eigenvalue weighted by Crippen LogP contribution is -2.40. The lowest BCUT2D eigenvalue weighted by molar-refractivity contribution is -0.216. The van der Waals surface area contributed by atoms with Crippen molar-refractivity contribution in [3.63, 3.8) is 0 Å². The molecule has 1 atom stereocenters. The summed E-state index contributed by atoms with van der Waals surface area (Å²) in [5.41, 5.74) is 0. The molecule has 54 valence electrons. The van der Waals surface area contributed by atoms with E-state index in [0.717, 1.165) is 12.8 Å². The Labute approximate surface area is 53.9 Å². The van der Waals surface area contributed by atoms with Gasteiger partial charge >= 0.3 is 0 Å². The Bertz CT molecular complexity index is 101. The van der Waals surface area contributed by atoms with Crippen LogP contribution in [-0.4, -0.2) is 27.2 Å². The molecule has 3 N–H and O–H groups in total. The topological polar surface area (TPSA) is 60.7 Å². The fourth-order valence-corrected chi connectivity index (χ4v) is 0.858. The van der Waals surface area contributed by atoms with Crippen molar-refractivity contribution < 1.29 is 15.3 Å². The van der Waals surface area contributed by atoms with Crippen LogP contribution in [0, 0.1) is 5.92 Å². The van der Waals surface area contributed by atoms with Crippen molar-refractivity contribution in [3.8, 4) is 0 Å². The third-order valence-corrected chi connectivity index (χ3v) is 1.63. The van der Waals surface area contributed by atoms with Crippen LogP contribution in [0.25, 0.3) is 0 Å². The molecular formula is C6H12O3. The first-order valence-electron chi connectivity index (χ1n) is 3.14. The average molecular weight is 132 g/mol. The largest absolute Gasteiger partial charge is 0.387 e. The summed E-state index contributed by atoms with van der Waals surface area (Å²) in [6, 6.07) is 0. The van der Waals surface area contributed by atoms with Crippen LogP contribution < -0.4 is 0 Å². The van der Waals surface area contributed by atoms with Gasteiger partial charge in [0.2, 0.25) is 0 Å². The molecular weight excluding hydrogens is 120 g/mol. The molecule has 1 fully saturated rings. The van der Waals surface area contributed by atoms with Crippen molar-refractivity contribution >= 4 is 0 Å². The smallest absolute Gasteiger partial charge is 0.186 e. The Balaban J connectivity index is 2.40. The highest BCUT2D eigenvalue weighted by Crippen LogP contribution is 2.36. The molecule has 1 aliphatic rings. The molecule has 0 radical (unpaired) electrons. The molecule has 3 nitrogen and oxygen atoms in total. The third-order valence-electron chi connectivity index (χ3n) is 1.63. The van der Waals surface area contributed by atoms with Crippen molar-refractivity contribution in [2.75, 3.05) is 0 Å². The Morgan fingerprint density at radius 2 is 1.89 bits per heavy atom. The highest BCUT2D eigenvalue weighted by molar-refractivity contribution is 4.86. The number of aliphatic hydroxyl groups excluding tert-OH is 1. The van der Waals surface area contributed by atoms with E-state index in [1.807, 2.05) is 0 Å². The maximum Gasteiger partial charge on any atom is 0.186 e. The second-order valence-corrected chi connectivity index (χ2v) is 2.88. The molecule has 1 saturated carbocycles. The Kier molecular flexibility index (Phi) is 1.50. The molecule has 0 spiro atoms. The first kappa shape index (κ1) is 6.99. The van der Waals surface area contributed by atoms with E-state index in [2.05, 4.69) is 0 Å². The monoisotopic (exact) mass is 132 g/mol. The molecule has 0 bridgehead atoms. The first-order chi connectivity index (χ1) is 4.02. The van der Waals surface area contributed by atoms with Crippen LogP contribution in [0.4, 0.5) is 0 Å². The predicted molar refractivity (Wildman–Crippen MR) is 31.6 cm³/mol. The summed E-state index contributed by atoms with van der Waals surface area (Å²) in [7, 11) is 0. The first-order valence-corrected chi connectivity index (χ1v) is 3.14. The summed E-state index contributed by atoms with van der Waals surface area (Å²) in [6.07, 6.45) is 0.868. The molecule has 1 unspecified atom stereocenters. The molecule has 0 aliphatic heterocycles. The lowest BCUT2D eigenvalue weighted by Gasteiger charge is -2.22. The van der Waals surface area contributed by atoms with E-state index in [9.17, 15) is 0 Å². The minimum absolute atomic E-state index is 0.116. The zero-order valence-electron chi connectivity index (χ0n) is 5.41. The Hall–Kier alpha value is -0.120. The maximum absolute atomic E-state index is 9.03. The van der Waals surface area contributed by atoms with Gasteiger partial charge in [0, 0.05) is 0 Å². The molecule has 0 amide bonds.